The maximum atomic E-state index is 13.5. The summed E-state index contributed by atoms with van der Waals surface area (Å²) in [5.41, 5.74) is 5.81. The van der Waals surface area contributed by atoms with Crippen LogP contribution >= 0.6 is 27.3 Å². The zero-order valence-electron chi connectivity index (χ0n) is 13.9. The fourth-order valence-electron chi connectivity index (χ4n) is 4.75. The lowest BCUT2D eigenvalue weighted by Crippen LogP contribution is -2.45. The molecule has 0 saturated heterocycles. The molecule has 6 nitrogen and oxygen atoms in total. The number of carbonyl (C=O) groups excluding carboxylic acids is 2. The number of ether oxygens (including phenoxy) is 1. The Hall–Kier alpha value is -1.25. The van der Waals surface area contributed by atoms with Gasteiger partial charge in [0.05, 0.1) is 35.0 Å². The number of thiazole rings is 1. The van der Waals surface area contributed by atoms with Crippen molar-refractivity contribution in [1.82, 2.24) is 4.98 Å². The summed E-state index contributed by atoms with van der Waals surface area (Å²) in [4.78, 5) is 31.6. The summed E-state index contributed by atoms with van der Waals surface area (Å²) in [6.45, 7) is 0.817. The molecule has 2 amide bonds. The van der Waals surface area contributed by atoms with Crippen LogP contribution in [0, 0.1) is 29.1 Å². The number of allylic oxidation sites excluding steroid dienone is 2. The van der Waals surface area contributed by atoms with E-state index < -0.39 is 11.8 Å². The van der Waals surface area contributed by atoms with E-state index in [4.69, 9.17) is 10.5 Å². The van der Waals surface area contributed by atoms with Crippen LogP contribution < -0.4 is 10.6 Å². The van der Waals surface area contributed by atoms with Gasteiger partial charge in [-0.25, -0.2) is 4.98 Å². The average molecular weight is 426 g/mol. The van der Waals surface area contributed by atoms with Crippen molar-refractivity contribution in [2.24, 2.45) is 34.8 Å². The van der Waals surface area contributed by atoms with Crippen LogP contribution in [0.25, 0.3) is 0 Å². The molecule has 0 radical (unpaired) electrons. The third-order valence-corrected chi connectivity index (χ3v) is 7.44. The van der Waals surface area contributed by atoms with Gasteiger partial charge in [0.1, 0.15) is 0 Å². The minimum atomic E-state index is -0.418. The first kappa shape index (κ1) is 17.2. The van der Waals surface area contributed by atoms with Gasteiger partial charge < -0.3 is 10.5 Å². The highest BCUT2D eigenvalue weighted by Gasteiger charge is 2.70. The molecule has 1 aromatic rings. The highest BCUT2D eigenvalue weighted by molar-refractivity contribution is 9.11. The number of carbonyl (C=O) groups is 2. The number of halogens is 1. The molecule has 4 atom stereocenters. The van der Waals surface area contributed by atoms with Crippen molar-refractivity contribution in [2.75, 3.05) is 25.2 Å². The summed E-state index contributed by atoms with van der Waals surface area (Å²) in [7, 11) is 1.60. The number of methoxy groups -OCH3 is 1. The maximum absolute atomic E-state index is 13.5. The summed E-state index contributed by atoms with van der Waals surface area (Å²) in [5, 5.41) is 0.619. The average Bonchev–Trinajstić information content (AvgIpc) is 3.06. The number of nitrogens with two attached hydrogens (primary N) is 1. The largest absolute Gasteiger partial charge is 0.383 e. The topological polar surface area (TPSA) is 85.5 Å². The lowest BCUT2D eigenvalue weighted by Gasteiger charge is -2.29. The van der Waals surface area contributed by atoms with E-state index in [1.807, 2.05) is 0 Å². The lowest BCUT2D eigenvalue weighted by molar-refractivity contribution is -0.132. The summed E-state index contributed by atoms with van der Waals surface area (Å²) >= 11 is 4.80. The Morgan fingerprint density at radius 1 is 1.40 bits per heavy atom. The van der Waals surface area contributed by atoms with Gasteiger partial charge in [-0.05, 0) is 46.0 Å². The Labute approximate surface area is 158 Å². The third-order valence-electron chi connectivity index (χ3n) is 5.94. The Morgan fingerprint density at radius 2 is 2.08 bits per heavy atom. The van der Waals surface area contributed by atoms with E-state index in [9.17, 15) is 9.59 Å². The molecule has 2 saturated carbocycles. The third kappa shape index (κ3) is 2.57. The number of hydrogen-bond acceptors (Lipinski definition) is 5. The van der Waals surface area contributed by atoms with Crippen molar-refractivity contribution >= 4 is 44.2 Å². The normalized spacial score (nSPS) is 30.8. The number of rotatable bonds is 6. The summed E-state index contributed by atoms with van der Waals surface area (Å²) in [6.07, 6.45) is 8.07. The second kappa shape index (κ2) is 6.17. The van der Waals surface area contributed by atoms with E-state index in [0.717, 1.165) is 16.6 Å². The molecule has 1 aromatic heterocycles. The van der Waals surface area contributed by atoms with Gasteiger partial charge in [-0.2, -0.15) is 0 Å². The van der Waals surface area contributed by atoms with E-state index in [-0.39, 0.29) is 29.1 Å². The van der Waals surface area contributed by atoms with Gasteiger partial charge in [0.25, 0.3) is 0 Å². The fourth-order valence-corrected chi connectivity index (χ4v) is 5.97. The second-order valence-electron chi connectivity index (χ2n) is 7.05. The quantitative estimate of drug-likeness (QED) is 0.707. The molecule has 3 aliphatic carbocycles. The van der Waals surface area contributed by atoms with Gasteiger partial charge in [0.2, 0.25) is 11.8 Å². The van der Waals surface area contributed by atoms with Crippen molar-refractivity contribution in [1.29, 1.82) is 0 Å². The SMILES string of the molecule is COCCN(C(=O)[C@H]1[C@H](C(N)=O)[C@H]2C=C[C@@H]1C21CC1)c1ncc(Br)s1. The Bertz CT molecular complexity index is 745. The van der Waals surface area contributed by atoms with Crippen molar-refractivity contribution < 1.29 is 14.3 Å². The van der Waals surface area contributed by atoms with Gasteiger partial charge in [0.15, 0.2) is 5.13 Å². The first-order valence-electron chi connectivity index (χ1n) is 8.39. The highest BCUT2D eigenvalue weighted by atomic mass is 79.9. The van der Waals surface area contributed by atoms with Crippen LogP contribution in [0.5, 0.6) is 0 Å². The number of aromatic nitrogens is 1. The number of hydrogen-bond donors (Lipinski definition) is 1. The fraction of sp³-hybridized carbons (Fsp3) is 0.588. The van der Waals surface area contributed by atoms with Crippen LogP contribution in [0.15, 0.2) is 22.1 Å². The summed E-state index contributed by atoms with van der Waals surface area (Å²) in [6, 6.07) is 0. The molecule has 0 aliphatic heterocycles. The molecule has 2 bridgehead atoms. The maximum Gasteiger partial charge on any atom is 0.233 e. The zero-order valence-corrected chi connectivity index (χ0v) is 16.3. The van der Waals surface area contributed by atoms with Gasteiger partial charge in [0, 0.05) is 7.11 Å². The van der Waals surface area contributed by atoms with Crippen LogP contribution in [0.4, 0.5) is 5.13 Å². The van der Waals surface area contributed by atoms with Crippen LogP contribution in [-0.4, -0.2) is 37.1 Å². The van der Waals surface area contributed by atoms with Crippen LogP contribution in [-0.2, 0) is 14.3 Å². The molecule has 3 aliphatic rings. The van der Waals surface area contributed by atoms with E-state index in [0.29, 0.717) is 18.3 Å². The van der Waals surface area contributed by atoms with E-state index in [1.54, 1.807) is 18.2 Å². The molecular formula is C17H20BrN3O3S. The van der Waals surface area contributed by atoms with Crippen molar-refractivity contribution in [3.63, 3.8) is 0 Å². The number of anilines is 1. The lowest BCUT2D eigenvalue weighted by atomic mass is 9.81. The van der Waals surface area contributed by atoms with Gasteiger partial charge >= 0.3 is 0 Å². The number of amides is 2. The predicted molar refractivity (Wildman–Crippen MR) is 98.0 cm³/mol. The minimum Gasteiger partial charge on any atom is -0.383 e. The molecule has 8 heteroatoms. The molecule has 1 heterocycles. The molecule has 2 fully saturated rings. The van der Waals surface area contributed by atoms with Gasteiger partial charge in [-0.3, -0.25) is 14.5 Å². The van der Waals surface area contributed by atoms with Gasteiger partial charge in [-0.15, -0.1) is 0 Å². The van der Waals surface area contributed by atoms with Crippen molar-refractivity contribution in [3.05, 3.63) is 22.1 Å². The van der Waals surface area contributed by atoms with Crippen LogP contribution in [0.3, 0.4) is 0 Å². The Kier molecular flexibility index (Phi) is 4.24. The molecule has 0 aromatic carbocycles. The summed E-state index contributed by atoms with van der Waals surface area (Å²) < 4.78 is 6.03. The minimum absolute atomic E-state index is 0.0641. The Balaban J connectivity index is 1.67. The first-order chi connectivity index (χ1) is 12.0. The summed E-state index contributed by atoms with van der Waals surface area (Å²) in [5.74, 6) is -1.03. The number of primary amides is 1. The molecule has 0 unspecified atom stereocenters. The standard InChI is InChI=1S/C17H20BrN3O3S/c1-24-7-6-21(16-20-8-11(18)25-16)15(23)13-10-3-2-9(12(13)14(19)22)17(10)4-5-17/h2-3,8-10,12-13H,4-7H2,1H3,(H2,19,22)/t9-,10+,12-,13-/m1/s1. The molecular weight excluding hydrogens is 406 g/mol. The smallest absolute Gasteiger partial charge is 0.233 e. The monoisotopic (exact) mass is 425 g/mol. The predicted octanol–water partition coefficient (Wildman–Crippen LogP) is 2.20. The zero-order chi connectivity index (χ0) is 17.8. The van der Waals surface area contributed by atoms with Crippen molar-refractivity contribution in [3.8, 4) is 0 Å². The van der Waals surface area contributed by atoms with Crippen molar-refractivity contribution in [2.45, 2.75) is 12.8 Å². The molecule has 1 spiro atoms. The molecule has 25 heavy (non-hydrogen) atoms. The van der Waals surface area contributed by atoms with Crippen LogP contribution in [0.2, 0.25) is 0 Å². The molecule has 4 rings (SSSR count). The first-order valence-corrected chi connectivity index (χ1v) is 10.00. The van der Waals surface area contributed by atoms with E-state index >= 15 is 0 Å². The molecule has 134 valence electrons. The van der Waals surface area contributed by atoms with E-state index in [2.05, 4.69) is 33.1 Å². The number of nitrogens with zero attached hydrogens (tertiary/aromatic N) is 2. The second-order valence-corrected chi connectivity index (χ2v) is 9.44. The van der Waals surface area contributed by atoms with Crippen LogP contribution in [0.1, 0.15) is 12.8 Å². The van der Waals surface area contributed by atoms with E-state index in [1.165, 1.54) is 11.3 Å². The highest BCUT2D eigenvalue weighted by Crippen LogP contribution is 2.72. The van der Waals surface area contributed by atoms with Gasteiger partial charge in [-0.1, -0.05) is 23.5 Å². The Morgan fingerprint density at radius 3 is 2.60 bits per heavy atom. The molecule has 2 N–H and O–H groups in total.